The third-order valence-corrected chi connectivity index (χ3v) is 4.00. The predicted molar refractivity (Wildman–Crippen MR) is 53.9 cm³/mol. The van der Waals surface area contributed by atoms with Crippen molar-refractivity contribution in [2.45, 2.75) is 25.9 Å². The summed E-state index contributed by atoms with van der Waals surface area (Å²) in [6.07, 6.45) is 4.08. The van der Waals surface area contributed by atoms with Crippen LogP contribution in [0.3, 0.4) is 0 Å². The Kier molecular flexibility index (Phi) is 4.41. The fraction of sp³-hybridized carbons (Fsp3) is 0.750. The van der Waals surface area contributed by atoms with E-state index in [2.05, 4.69) is 6.08 Å². The summed E-state index contributed by atoms with van der Waals surface area (Å²) in [5, 5.41) is 9.02. The van der Waals surface area contributed by atoms with Gasteiger partial charge in [0.2, 0.25) is 0 Å². The fourth-order valence-electron chi connectivity index (χ4n) is 0.831. The van der Waals surface area contributed by atoms with E-state index >= 15 is 0 Å². The first-order valence-corrected chi connectivity index (χ1v) is 5.90. The topological polar surface area (TPSA) is 20.2 Å². The highest BCUT2D eigenvalue weighted by Gasteiger charge is 2.05. The molecule has 0 aromatic rings. The SMILES string of the molecule is CC(O)CC=C1SCCCS1. The highest BCUT2D eigenvalue weighted by Crippen LogP contribution is 2.34. The van der Waals surface area contributed by atoms with Gasteiger partial charge < -0.3 is 5.11 Å². The van der Waals surface area contributed by atoms with Crippen LogP contribution in [0.2, 0.25) is 0 Å². The molecular formula is C8H14OS2. The minimum Gasteiger partial charge on any atom is -0.393 e. The van der Waals surface area contributed by atoms with E-state index in [0.717, 1.165) is 6.42 Å². The van der Waals surface area contributed by atoms with E-state index in [1.165, 1.54) is 22.2 Å². The van der Waals surface area contributed by atoms with E-state index in [4.69, 9.17) is 5.11 Å². The Morgan fingerprint density at radius 1 is 1.55 bits per heavy atom. The molecule has 11 heavy (non-hydrogen) atoms. The van der Waals surface area contributed by atoms with Gasteiger partial charge in [-0.2, -0.15) is 0 Å². The number of thioether (sulfide) groups is 2. The Morgan fingerprint density at radius 2 is 2.18 bits per heavy atom. The molecule has 0 radical (unpaired) electrons. The lowest BCUT2D eigenvalue weighted by Gasteiger charge is -2.12. The van der Waals surface area contributed by atoms with Crippen molar-refractivity contribution in [3.05, 3.63) is 10.3 Å². The molecule has 0 aromatic carbocycles. The van der Waals surface area contributed by atoms with Crippen molar-refractivity contribution in [1.29, 1.82) is 0 Å². The normalized spacial score (nSPS) is 21.5. The number of aliphatic hydroxyl groups is 1. The molecule has 64 valence electrons. The Hall–Kier alpha value is 0.400. The summed E-state index contributed by atoms with van der Waals surface area (Å²) >= 11 is 3.84. The molecule has 0 bridgehead atoms. The number of rotatable bonds is 2. The minimum absolute atomic E-state index is 0.189. The fourth-order valence-corrected chi connectivity index (χ4v) is 3.25. The maximum Gasteiger partial charge on any atom is 0.0547 e. The molecule has 0 aromatic heterocycles. The molecule has 0 aliphatic carbocycles. The lowest BCUT2D eigenvalue weighted by atomic mass is 10.3. The van der Waals surface area contributed by atoms with Gasteiger partial charge in [-0.3, -0.25) is 0 Å². The Balaban J connectivity index is 2.26. The van der Waals surface area contributed by atoms with Crippen LogP contribution in [0.1, 0.15) is 19.8 Å². The maximum absolute atomic E-state index is 9.02. The van der Waals surface area contributed by atoms with Crippen LogP contribution < -0.4 is 0 Å². The van der Waals surface area contributed by atoms with Gasteiger partial charge >= 0.3 is 0 Å². The summed E-state index contributed by atoms with van der Waals surface area (Å²) in [5.74, 6) is 2.50. The second kappa shape index (κ2) is 5.12. The Bertz CT molecular complexity index is 135. The summed E-state index contributed by atoms with van der Waals surface area (Å²) in [6.45, 7) is 1.83. The number of hydrogen-bond acceptors (Lipinski definition) is 3. The van der Waals surface area contributed by atoms with Crippen LogP contribution in [0.5, 0.6) is 0 Å². The lowest BCUT2D eigenvalue weighted by molar-refractivity contribution is 0.198. The van der Waals surface area contributed by atoms with Crippen molar-refractivity contribution < 1.29 is 5.11 Å². The van der Waals surface area contributed by atoms with E-state index in [1.54, 1.807) is 0 Å². The van der Waals surface area contributed by atoms with Gasteiger partial charge in [-0.25, -0.2) is 0 Å². The molecule has 1 unspecified atom stereocenters. The van der Waals surface area contributed by atoms with Gasteiger partial charge in [0.15, 0.2) is 0 Å². The summed E-state index contributed by atoms with van der Waals surface area (Å²) in [5.41, 5.74) is 0. The molecule has 1 rings (SSSR count). The van der Waals surface area contributed by atoms with Gasteiger partial charge in [0, 0.05) is 4.24 Å². The smallest absolute Gasteiger partial charge is 0.0547 e. The van der Waals surface area contributed by atoms with Crippen LogP contribution in [0.4, 0.5) is 0 Å². The molecule has 3 heteroatoms. The van der Waals surface area contributed by atoms with Crippen molar-refractivity contribution in [2.24, 2.45) is 0 Å². The number of hydrogen-bond donors (Lipinski definition) is 1. The molecule has 1 atom stereocenters. The molecule has 1 N–H and O–H groups in total. The van der Waals surface area contributed by atoms with Gasteiger partial charge in [-0.1, -0.05) is 6.08 Å². The zero-order valence-corrected chi connectivity index (χ0v) is 8.38. The molecule has 1 saturated heterocycles. The average molecular weight is 190 g/mol. The first kappa shape index (κ1) is 9.49. The molecule has 0 saturated carbocycles. The second-order valence-electron chi connectivity index (χ2n) is 2.66. The van der Waals surface area contributed by atoms with Crippen LogP contribution in [0.25, 0.3) is 0 Å². The summed E-state index contributed by atoms with van der Waals surface area (Å²) in [6, 6.07) is 0. The van der Waals surface area contributed by atoms with E-state index < -0.39 is 0 Å². The molecule has 0 spiro atoms. The monoisotopic (exact) mass is 190 g/mol. The third kappa shape index (κ3) is 4.09. The van der Waals surface area contributed by atoms with Crippen molar-refractivity contribution >= 4 is 23.5 Å². The quantitative estimate of drug-likeness (QED) is 0.722. The summed E-state index contributed by atoms with van der Waals surface area (Å²) in [4.78, 5) is 0. The molecule has 1 aliphatic heterocycles. The largest absolute Gasteiger partial charge is 0.393 e. The first-order valence-electron chi connectivity index (χ1n) is 3.93. The molecule has 1 aliphatic rings. The summed E-state index contributed by atoms with van der Waals surface area (Å²) in [7, 11) is 0. The van der Waals surface area contributed by atoms with Crippen LogP contribution in [0, 0.1) is 0 Å². The van der Waals surface area contributed by atoms with E-state index in [0.29, 0.717) is 0 Å². The second-order valence-corrected chi connectivity index (χ2v) is 5.19. The highest BCUT2D eigenvalue weighted by atomic mass is 32.2. The highest BCUT2D eigenvalue weighted by molar-refractivity contribution is 8.22. The Morgan fingerprint density at radius 3 is 2.73 bits per heavy atom. The van der Waals surface area contributed by atoms with Gasteiger partial charge in [0.05, 0.1) is 6.10 Å². The number of aliphatic hydroxyl groups excluding tert-OH is 1. The van der Waals surface area contributed by atoms with Crippen molar-refractivity contribution in [3.8, 4) is 0 Å². The van der Waals surface area contributed by atoms with Gasteiger partial charge in [-0.15, -0.1) is 23.5 Å². The molecule has 1 heterocycles. The molecular weight excluding hydrogens is 176 g/mol. The third-order valence-electron chi connectivity index (χ3n) is 1.40. The van der Waals surface area contributed by atoms with E-state index in [1.807, 2.05) is 30.4 Å². The first-order chi connectivity index (χ1) is 5.29. The van der Waals surface area contributed by atoms with Crippen LogP contribution in [-0.4, -0.2) is 22.7 Å². The van der Waals surface area contributed by atoms with Crippen LogP contribution in [0.15, 0.2) is 10.3 Å². The van der Waals surface area contributed by atoms with Gasteiger partial charge in [-0.05, 0) is 31.3 Å². The van der Waals surface area contributed by atoms with Crippen molar-refractivity contribution in [1.82, 2.24) is 0 Å². The van der Waals surface area contributed by atoms with Gasteiger partial charge in [0.25, 0.3) is 0 Å². The average Bonchev–Trinajstić information content (AvgIpc) is 2.03. The Labute approximate surface area is 76.6 Å². The summed E-state index contributed by atoms with van der Waals surface area (Å²) < 4.78 is 1.40. The van der Waals surface area contributed by atoms with Gasteiger partial charge in [0.1, 0.15) is 0 Å². The van der Waals surface area contributed by atoms with Crippen molar-refractivity contribution in [3.63, 3.8) is 0 Å². The molecule has 1 nitrogen and oxygen atoms in total. The zero-order chi connectivity index (χ0) is 8.10. The minimum atomic E-state index is -0.189. The van der Waals surface area contributed by atoms with Crippen LogP contribution >= 0.6 is 23.5 Å². The molecule has 0 amide bonds. The molecule has 1 fully saturated rings. The predicted octanol–water partition coefficient (Wildman–Crippen LogP) is 2.47. The van der Waals surface area contributed by atoms with Crippen LogP contribution in [-0.2, 0) is 0 Å². The van der Waals surface area contributed by atoms with Crippen molar-refractivity contribution in [2.75, 3.05) is 11.5 Å². The zero-order valence-electron chi connectivity index (χ0n) is 6.75. The van der Waals surface area contributed by atoms with E-state index in [-0.39, 0.29) is 6.10 Å². The standard InChI is InChI=1S/C8H14OS2/c1-7(9)3-4-8-10-5-2-6-11-8/h4,7,9H,2-3,5-6H2,1H3. The maximum atomic E-state index is 9.02. The van der Waals surface area contributed by atoms with E-state index in [9.17, 15) is 0 Å². The lowest BCUT2D eigenvalue weighted by Crippen LogP contribution is -1.97.